The highest BCUT2D eigenvalue weighted by Gasteiger charge is 2.28. The number of halogens is 1. The molecule has 1 aromatic carbocycles. The van der Waals surface area contributed by atoms with Crippen LogP contribution >= 0.6 is 0 Å². The van der Waals surface area contributed by atoms with Crippen LogP contribution in [0.1, 0.15) is 37.3 Å². The lowest BCUT2D eigenvalue weighted by Gasteiger charge is -2.22. The first-order valence-corrected chi connectivity index (χ1v) is 6.50. The van der Waals surface area contributed by atoms with Crippen LogP contribution in [0.3, 0.4) is 0 Å². The highest BCUT2D eigenvalue weighted by molar-refractivity contribution is 5.55. The van der Waals surface area contributed by atoms with E-state index in [1.807, 2.05) is 6.07 Å². The number of nitrogens with one attached hydrogen (secondary N) is 1. The highest BCUT2D eigenvalue weighted by atomic mass is 19.1. The molecule has 17 heavy (non-hydrogen) atoms. The van der Waals surface area contributed by atoms with E-state index in [1.165, 1.54) is 18.5 Å². The lowest BCUT2D eigenvalue weighted by molar-refractivity contribution is 0.491. The minimum absolute atomic E-state index is 0.123. The van der Waals surface area contributed by atoms with Crippen molar-refractivity contribution in [2.45, 2.75) is 37.8 Å². The Morgan fingerprint density at radius 2 is 2.12 bits per heavy atom. The van der Waals surface area contributed by atoms with Gasteiger partial charge in [0.15, 0.2) is 0 Å². The van der Waals surface area contributed by atoms with Crippen molar-refractivity contribution >= 4 is 5.69 Å². The SMILES string of the molecule is CN1CCCC(NC2CC2)c2cc(F)ccc21. The van der Waals surface area contributed by atoms with Crippen LogP contribution in [0.5, 0.6) is 0 Å². The third-order valence-corrected chi connectivity index (χ3v) is 3.78. The van der Waals surface area contributed by atoms with Crippen molar-refractivity contribution in [3.63, 3.8) is 0 Å². The zero-order chi connectivity index (χ0) is 11.8. The number of hydrogen-bond donors (Lipinski definition) is 1. The number of fused-ring (bicyclic) bond motifs is 1. The molecule has 1 saturated carbocycles. The van der Waals surface area contributed by atoms with Gasteiger partial charge >= 0.3 is 0 Å². The summed E-state index contributed by atoms with van der Waals surface area (Å²) in [4.78, 5) is 2.24. The van der Waals surface area contributed by atoms with Crippen molar-refractivity contribution in [1.82, 2.24) is 5.32 Å². The first-order valence-electron chi connectivity index (χ1n) is 6.50. The Labute approximate surface area is 102 Å². The summed E-state index contributed by atoms with van der Waals surface area (Å²) in [5.74, 6) is -0.123. The van der Waals surface area contributed by atoms with Gasteiger partial charge in [0.1, 0.15) is 5.82 Å². The van der Waals surface area contributed by atoms with Crippen molar-refractivity contribution < 1.29 is 4.39 Å². The predicted octanol–water partition coefficient (Wildman–Crippen LogP) is 2.85. The van der Waals surface area contributed by atoms with Gasteiger partial charge in [-0.3, -0.25) is 0 Å². The zero-order valence-electron chi connectivity index (χ0n) is 10.2. The second kappa shape index (κ2) is 4.30. The molecule has 1 N–H and O–H groups in total. The number of benzene rings is 1. The van der Waals surface area contributed by atoms with Gasteiger partial charge in [-0.25, -0.2) is 4.39 Å². The molecular formula is C14H19FN2. The predicted molar refractivity (Wildman–Crippen MR) is 67.8 cm³/mol. The number of nitrogens with zero attached hydrogens (tertiary/aromatic N) is 1. The molecule has 0 aromatic heterocycles. The summed E-state index contributed by atoms with van der Waals surface area (Å²) in [6, 6.07) is 6.18. The van der Waals surface area contributed by atoms with Crippen LogP contribution in [0.25, 0.3) is 0 Å². The second-order valence-corrected chi connectivity index (χ2v) is 5.26. The lowest BCUT2D eigenvalue weighted by Crippen LogP contribution is -2.23. The Morgan fingerprint density at radius 3 is 2.88 bits per heavy atom. The molecule has 1 aliphatic carbocycles. The van der Waals surface area contributed by atoms with Crippen LogP contribution < -0.4 is 10.2 Å². The van der Waals surface area contributed by atoms with Crippen LogP contribution in [0, 0.1) is 5.82 Å². The quantitative estimate of drug-likeness (QED) is 0.846. The highest BCUT2D eigenvalue weighted by Crippen LogP contribution is 2.35. The summed E-state index contributed by atoms with van der Waals surface area (Å²) in [5, 5.41) is 3.64. The molecule has 1 atom stereocenters. The molecular weight excluding hydrogens is 215 g/mol. The van der Waals surface area contributed by atoms with Crippen molar-refractivity contribution in [2.24, 2.45) is 0 Å². The van der Waals surface area contributed by atoms with Crippen molar-refractivity contribution in [2.75, 3.05) is 18.5 Å². The molecule has 1 unspecified atom stereocenters. The van der Waals surface area contributed by atoms with Crippen LogP contribution in [-0.4, -0.2) is 19.6 Å². The fourth-order valence-electron chi connectivity index (χ4n) is 2.67. The molecule has 0 amide bonds. The molecule has 1 heterocycles. The molecule has 1 aromatic rings. The Balaban J connectivity index is 1.95. The molecule has 0 spiro atoms. The molecule has 0 radical (unpaired) electrons. The van der Waals surface area contributed by atoms with Crippen LogP contribution in [0.2, 0.25) is 0 Å². The number of anilines is 1. The first-order chi connectivity index (χ1) is 8.24. The molecule has 2 nitrogen and oxygen atoms in total. The van der Waals surface area contributed by atoms with E-state index in [2.05, 4.69) is 17.3 Å². The summed E-state index contributed by atoms with van der Waals surface area (Å²) >= 11 is 0. The molecule has 1 aliphatic heterocycles. The van der Waals surface area contributed by atoms with Gasteiger partial charge in [0.05, 0.1) is 0 Å². The van der Waals surface area contributed by atoms with Crippen LogP contribution in [0.15, 0.2) is 18.2 Å². The average Bonchev–Trinajstić information content (AvgIpc) is 3.11. The molecule has 1 fully saturated rings. The van der Waals surface area contributed by atoms with E-state index < -0.39 is 0 Å². The molecule has 3 rings (SSSR count). The first kappa shape index (κ1) is 11.0. The second-order valence-electron chi connectivity index (χ2n) is 5.26. The van der Waals surface area contributed by atoms with Gasteiger partial charge in [-0.1, -0.05) is 0 Å². The van der Waals surface area contributed by atoms with Crippen molar-refractivity contribution in [3.05, 3.63) is 29.6 Å². The minimum Gasteiger partial charge on any atom is -0.374 e. The maximum absolute atomic E-state index is 13.4. The fourth-order valence-corrected chi connectivity index (χ4v) is 2.67. The van der Waals surface area contributed by atoms with Gasteiger partial charge < -0.3 is 10.2 Å². The Bertz CT molecular complexity index is 415. The fraction of sp³-hybridized carbons (Fsp3) is 0.571. The van der Waals surface area contributed by atoms with E-state index in [4.69, 9.17) is 0 Å². The van der Waals surface area contributed by atoms with E-state index in [0.717, 1.165) is 24.9 Å². The third kappa shape index (κ3) is 2.29. The van der Waals surface area contributed by atoms with E-state index in [9.17, 15) is 4.39 Å². The Kier molecular flexibility index (Phi) is 2.79. The maximum atomic E-state index is 13.4. The standard InChI is InChI=1S/C14H19FN2/c1-17-8-2-3-13(16-11-5-6-11)12-9-10(15)4-7-14(12)17/h4,7,9,11,13,16H,2-3,5-6,8H2,1H3. The largest absolute Gasteiger partial charge is 0.374 e. The molecule has 3 heteroatoms. The van der Waals surface area contributed by atoms with E-state index in [1.54, 1.807) is 12.1 Å². The van der Waals surface area contributed by atoms with Crippen LogP contribution in [0.4, 0.5) is 10.1 Å². The van der Waals surface area contributed by atoms with Gasteiger partial charge in [0.2, 0.25) is 0 Å². The average molecular weight is 234 g/mol. The van der Waals surface area contributed by atoms with Gasteiger partial charge in [-0.15, -0.1) is 0 Å². The maximum Gasteiger partial charge on any atom is 0.123 e. The summed E-state index contributed by atoms with van der Waals surface area (Å²) < 4.78 is 13.4. The number of rotatable bonds is 2. The summed E-state index contributed by atoms with van der Waals surface area (Å²) in [6.07, 6.45) is 4.82. The molecule has 2 aliphatic rings. The van der Waals surface area contributed by atoms with E-state index >= 15 is 0 Å². The van der Waals surface area contributed by atoms with Gasteiger partial charge in [-0.05, 0) is 49.4 Å². The van der Waals surface area contributed by atoms with Gasteiger partial charge in [0, 0.05) is 31.4 Å². The zero-order valence-corrected chi connectivity index (χ0v) is 10.2. The number of hydrogen-bond acceptors (Lipinski definition) is 2. The van der Waals surface area contributed by atoms with E-state index in [-0.39, 0.29) is 5.82 Å². The monoisotopic (exact) mass is 234 g/mol. The smallest absolute Gasteiger partial charge is 0.123 e. The minimum atomic E-state index is -0.123. The van der Waals surface area contributed by atoms with E-state index in [0.29, 0.717) is 12.1 Å². The Hall–Kier alpha value is -1.09. The topological polar surface area (TPSA) is 15.3 Å². The van der Waals surface area contributed by atoms with Gasteiger partial charge in [-0.2, -0.15) is 0 Å². The Morgan fingerprint density at radius 1 is 1.29 bits per heavy atom. The van der Waals surface area contributed by atoms with Crippen molar-refractivity contribution in [1.29, 1.82) is 0 Å². The summed E-state index contributed by atoms with van der Waals surface area (Å²) in [5.41, 5.74) is 2.32. The molecule has 92 valence electrons. The summed E-state index contributed by atoms with van der Waals surface area (Å²) in [6.45, 7) is 1.06. The molecule has 0 saturated heterocycles. The van der Waals surface area contributed by atoms with Crippen LogP contribution in [-0.2, 0) is 0 Å². The third-order valence-electron chi connectivity index (χ3n) is 3.78. The molecule has 0 bridgehead atoms. The van der Waals surface area contributed by atoms with Gasteiger partial charge in [0.25, 0.3) is 0 Å². The normalized spacial score (nSPS) is 24.4. The lowest BCUT2D eigenvalue weighted by atomic mass is 10.0. The summed E-state index contributed by atoms with van der Waals surface area (Å²) in [7, 11) is 2.09. The van der Waals surface area contributed by atoms with Crippen molar-refractivity contribution in [3.8, 4) is 0 Å².